The van der Waals surface area contributed by atoms with Crippen LogP contribution in [0.4, 0.5) is 15.3 Å². The van der Waals surface area contributed by atoms with E-state index in [9.17, 15) is 63.9 Å². The molecule has 0 bridgehead atoms. The molecule has 7 amide bonds. The van der Waals surface area contributed by atoms with Crippen LogP contribution in [-0.4, -0.2) is 209 Å². The first-order chi connectivity index (χ1) is 44.1. The highest BCUT2D eigenvalue weighted by atomic mass is 16.7. The Bertz CT molecular complexity index is 2850. The zero-order chi connectivity index (χ0) is 68.5. The van der Waals surface area contributed by atoms with Crippen LogP contribution in [0, 0.1) is 41.4 Å². The van der Waals surface area contributed by atoms with E-state index in [1.54, 1.807) is 65.6 Å². The second-order valence-corrected chi connectivity index (χ2v) is 26.0. The van der Waals surface area contributed by atoms with E-state index >= 15 is 0 Å². The van der Waals surface area contributed by atoms with E-state index in [4.69, 9.17) is 28.4 Å². The predicted octanol–water partition coefficient (Wildman–Crippen LogP) is 4.90. The van der Waals surface area contributed by atoms with Crippen LogP contribution in [0.1, 0.15) is 130 Å². The van der Waals surface area contributed by atoms with Crippen molar-refractivity contribution in [3.8, 4) is 5.75 Å². The van der Waals surface area contributed by atoms with Crippen molar-refractivity contribution in [2.75, 3.05) is 53.3 Å². The molecule has 0 spiro atoms. The molecule has 2 aromatic rings. The molecule has 2 aromatic carbocycles. The number of ether oxygens (including phenoxy) is 6. The van der Waals surface area contributed by atoms with Crippen molar-refractivity contribution in [2.45, 2.75) is 199 Å². The van der Waals surface area contributed by atoms with E-state index in [0.717, 1.165) is 30.6 Å². The number of carboxylic acid groups (broad SMARTS) is 1. The summed E-state index contributed by atoms with van der Waals surface area (Å²) >= 11 is 0. The molecule has 3 fully saturated rings. The minimum absolute atomic E-state index is 0.0881. The van der Waals surface area contributed by atoms with Gasteiger partial charge in [0, 0.05) is 47.8 Å². The molecule has 2 aliphatic carbocycles. The molecule has 6 rings (SSSR count). The number of amides is 7. The second kappa shape index (κ2) is 35.0. The number of likely N-dealkylation sites (tertiary alicyclic amines) is 1. The lowest BCUT2D eigenvalue weighted by Crippen LogP contribution is -2.61. The Hall–Kier alpha value is -6.94. The number of likely N-dealkylation sites (N-methyl/N-ethyl adjacent to an activating group) is 2. The van der Waals surface area contributed by atoms with Crippen molar-refractivity contribution >= 4 is 53.4 Å². The maximum Gasteiger partial charge on any atom is 0.410 e. The summed E-state index contributed by atoms with van der Waals surface area (Å²) in [6.07, 6.45) is -4.01. The molecule has 0 radical (unpaired) electrons. The number of hydrogen-bond acceptors (Lipinski definition) is 18. The van der Waals surface area contributed by atoms with Crippen molar-refractivity contribution in [1.29, 1.82) is 0 Å². The number of anilines is 1. The number of carbonyl (C=O) groups excluding carboxylic acids is 7. The SMILES string of the molecule is CC[C@H](C)[C@@H]([C@@H](CC(=O)N1CCC[C@H]1[C@H](OC)[C@@H](C)C(=O)N[C@H](C)[C@@H](O)c1ccccc1)OC)N(C)C(=O)[C@@H](NC(=O)[C@H](C(C)C)N(C)C(=O)OCc1ccc(O[C@@H]2O[C@@H](C(=O)O)[C@@H](O)[C@H](O)C2O)c(NC(=O)CCNC(=O)OCC2C3CC/C=C\CCC32)c1)C(C)C. The van der Waals surface area contributed by atoms with Crippen LogP contribution >= 0.6 is 0 Å². The smallest absolute Gasteiger partial charge is 0.410 e. The van der Waals surface area contributed by atoms with Gasteiger partial charge in [-0.2, -0.15) is 0 Å². The molecule has 518 valence electrons. The third-order valence-electron chi connectivity index (χ3n) is 18.9. The number of nitrogens with one attached hydrogen (secondary N) is 4. The molecule has 26 nitrogen and oxygen atoms in total. The molecular weight excluding hydrogens is 1210 g/mol. The number of hydrogen-bond donors (Lipinski definition) is 9. The highest BCUT2D eigenvalue weighted by molar-refractivity contribution is 5.93. The van der Waals surface area contributed by atoms with Crippen LogP contribution in [0.3, 0.4) is 0 Å². The Kier molecular flexibility index (Phi) is 28.3. The van der Waals surface area contributed by atoms with Gasteiger partial charge in [-0.05, 0) is 104 Å². The third kappa shape index (κ3) is 19.6. The van der Waals surface area contributed by atoms with E-state index in [0.29, 0.717) is 49.1 Å². The second-order valence-electron chi connectivity index (χ2n) is 26.0. The number of aliphatic hydroxyl groups is 4. The molecule has 2 heterocycles. The quantitative estimate of drug-likeness (QED) is 0.0453. The number of carbonyl (C=O) groups is 8. The van der Waals surface area contributed by atoms with E-state index < -0.39 is 139 Å². The number of allylic oxidation sites excluding steroid dienone is 2. The highest BCUT2D eigenvalue weighted by Gasteiger charge is 2.51. The van der Waals surface area contributed by atoms with Gasteiger partial charge < -0.3 is 85.0 Å². The lowest BCUT2D eigenvalue weighted by atomic mass is 9.89. The maximum atomic E-state index is 14.9. The number of benzene rings is 2. The first-order valence-corrected chi connectivity index (χ1v) is 32.6. The van der Waals surface area contributed by atoms with Gasteiger partial charge in [-0.1, -0.05) is 103 Å². The molecule has 2 aliphatic heterocycles. The van der Waals surface area contributed by atoms with Crippen LogP contribution in [0.5, 0.6) is 5.75 Å². The average Bonchev–Trinajstić information content (AvgIpc) is 1.72. The minimum Gasteiger partial charge on any atom is -0.479 e. The Morgan fingerprint density at radius 3 is 2.05 bits per heavy atom. The van der Waals surface area contributed by atoms with E-state index in [2.05, 4.69) is 33.4 Å². The molecule has 2 saturated heterocycles. The van der Waals surface area contributed by atoms with Crippen LogP contribution < -0.4 is 26.0 Å². The monoisotopic (exact) mass is 1310 g/mol. The van der Waals surface area contributed by atoms with Gasteiger partial charge >= 0.3 is 18.2 Å². The summed E-state index contributed by atoms with van der Waals surface area (Å²) in [5, 5.41) is 63.3. The fourth-order valence-corrected chi connectivity index (χ4v) is 13.2. The molecule has 93 heavy (non-hydrogen) atoms. The number of methoxy groups -OCH3 is 2. The summed E-state index contributed by atoms with van der Waals surface area (Å²) in [5.74, 6) is -4.79. The summed E-state index contributed by atoms with van der Waals surface area (Å²) in [5.41, 5.74) is 0.834. The van der Waals surface area contributed by atoms with E-state index in [-0.39, 0.29) is 60.7 Å². The van der Waals surface area contributed by atoms with Gasteiger partial charge in [-0.15, -0.1) is 0 Å². The molecule has 26 heteroatoms. The number of aliphatic carboxylic acids is 1. The minimum atomic E-state index is -2.01. The van der Waals surface area contributed by atoms with Crippen molar-refractivity contribution in [1.82, 2.24) is 30.7 Å². The Morgan fingerprint density at radius 1 is 0.785 bits per heavy atom. The third-order valence-corrected chi connectivity index (χ3v) is 18.9. The lowest BCUT2D eigenvalue weighted by Gasteiger charge is -2.41. The van der Waals surface area contributed by atoms with Gasteiger partial charge in [0.25, 0.3) is 0 Å². The molecule has 1 saturated carbocycles. The maximum absolute atomic E-state index is 14.9. The fraction of sp³-hybridized carbons (Fsp3) is 0.672. The molecule has 17 atom stereocenters. The van der Waals surface area contributed by atoms with Crippen molar-refractivity contribution in [2.24, 2.45) is 41.4 Å². The molecule has 3 unspecified atom stereocenters. The van der Waals surface area contributed by atoms with Gasteiger partial charge in [0.15, 0.2) is 6.10 Å². The predicted molar refractivity (Wildman–Crippen MR) is 341 cm³/mol. The van der Waals surface area contributed by atoms with Crippen molar-refractivity contribution in [3.05, 3.63) is 71.8 Å². The number of rotatable bonds is 31. The Morgan fingerprint density at radius 2 is 1.45 bits per heavy atom. The topological polar surface area (TPSA) is 351 Å². The zero-order valence-electron chi connectivity index (χ0n) is 55.8. The molecule has 9 N–H and O–H groups in total. The van der Waals surface area contributed by atoms with Gasteiger partial charge in [0.05, 0.1) is 61.1 Å². The standard InChI is InChI=1S/C67H101N7O19/c1-13-38(6)54(49(88-11)33-51(76)74-31-21-26-47(74)59(89-12)39(7)61(81)69-40(8)55(77)42-22-17-16-18-23-42)72(9)63(83)52(36(2)3)71-62(82)53(37(4)5)73(10)67(87)91-34-41-27-28-48(92-65-58(80)56(78)57(79)60(93-65)64(84)85)46(32-41)70-50(75)29-30-68-66(86)90-35-45-43-24-19-14-15-20-25-44(43)45/h14-18,22-23,27-28,32,36-40,43-45,47,49,52-60,65,77-80H,13,19-21,24-26,29-31,33-35H2,1-12H3,(H,68,86)(H,69,81)(H,70,75)(H,71,82)(H,84,85)/b15-14-/t38-,39+,40+,43?,44?,45?,47-,49+,52-,53-,54-,55+,56-,57-,58?,59+,60+,65+/m0/s1. The highest BCUT2D eigenvalue weighted by Crippen LogP contribution is 2.53. The van der Waals surface area contributed by atoms with E-state index in [1.807, 2.05) is 32.0 Å². The van der Waals surface area contributed by atoms with Crippen LogP contribution in [0.2, 0.25) is 0 Å². The molecular formula is C67H101N7O19. The number of alkyl carbamates (subject to hydrolysis) is 1. The number of carboxylic acids is 1. The Balaban J connectivity index is 1.10. The largest absolute Gasteiger partial charge is 0.479 e. The molecule has 0 aromatic heterocycles. The van der Waals surface area contributed by atoms with Crippen molar-refractivity contribution in [3.63, 3.8) is 0 Å². The van der Waals surface area contributed by atoms with Crippen molar-refractivity contribution < 1.29 is 92.3 Å². The Labute approximate surface area is 545 Å². The summed E-state index contributed by atoms with van der Waals surface area (Å²) < 4.78 is 34.4. The summed E-state index contributed by atoms with van der Waals surface area (Å²) in [6.45, 7) is 14.5. The lowest BCUT2D eigenvalue weighted by molar-refractivity contribution is -0.271. The van der Waals surface area contributed by atoms with Crippen LogP contribution in [0.15, 0.2) is 60.7 Å². The fourth-order valence-electron chi connectivity index (χ4n) is 13.2. The first-order valence-electron chi connectivity index (χ1n) is 32.6. The van der Waals surface area contributed by atoms with Crippen LogP contribution in [0.25, 0.3) is 0 Å². The number of aliphatic hydroxyl groups excluding tert-OH is 4. The average molecular weight is 1310 g/mol. The van der Waals surface area contributed by atoms with Gasteiger partial charge in [0.1, 0.15) is 42.8 Å². The summed E-state index contributed by atoms with van der Waals surface area (Å²) in [6, 6.07) is 9.07. The number of nitrogens with zero attached hydrogens (tertiary/aromatic N) is 3. The first kappa shape index (κ1) is 75.1. The van der Waals surface area contributed by atoms with E-state index in [1.165, 1.54) is 44.4 Å². The van der Waals surface area contributed by atoms with Gasteiger partial charge in [0.2, 0.25) is 35.8 Å². The van der Waals surface area contributed by atoms with Gasteiger partial charge in [-0.25, -0.2) is 14.4 Å². The number of fused-ring (bicyclic) bond motifs is 1. The van der Waals surface area contributed by atoms with Crippen LogP contribution in [-0.2, 0) is 59.1 Å². The summed E-state index contributed by atoms with van der Waals surface area (Å²) in [4.78, 5) is 114. The van der Waals surface area contributed by atoms with Gasteiger partial charge in [-0.3, -0.25) is 28.9 Å². The molecule has 4 aliphatic rings. The summed E-state index contributed by atoms with van der Waals surface area (Å²) in [7, 11) is 5.96. The zero-order valence-corrected chi connectivity index (χ0v) is 55.8. The normalized spacial score (nSPS) is 25.1.